The number of hydrogen-bond acceptors (Lipinski definition) is 10. The third-order valence-corrected chi connectivity index (χ3v) is 16.7. The van der Waals surface area contributed by atoms with Gasteiger partial charge in [0, 0.05) is 25.5 Å². The van der Waals surface area contributed by atoms with Gasteiger partial charge in [0.25, 0.3) is 8.32 Å². The fraction of sp³-hybridized carbons (Fsp3) is 0.396. The molecular weight excluding hydrogens is 824 g/mol. The molecule has 1 aliphatic carbocycles. The van der Waals surface area contributed by atoms with E-state index in [0.29, 0.717) is 13.0 Å². The highest BCUT2D eigenvalue weighted by molar-refractivity contribution is 7.48. The summed E-state index contributed by atoms with van der Waals surface area (Å²) >= 11 is 0. The molecule has 5 rings (SSSR count). The molecule has 2 unspecified atom stereocenters. The van der Waals surface area contributed by atoms with E-state index < -0.39 is 52.4 Å². The van der Waals surface area contributed by atoms with E-state index in [1.807, 2.05) is 84.9 Å². The van der Waals surface area contributed by atoms with Crippen LogP contribution in [0.25, 0.3) is 11.1 Å². The molecule has 332 valence electrons. The van der Waals surface area contributed by atoms with Crippen molar-refractivity contribution < 1.29 is 46.4 Å². The number of phosphoric acid groups is 1. The minimum absolute atomic E-state index is 0.00682. The van der Waals surface area contributed by atoms with Crippen LogP contribution in [0.2, 0.25) is 5.04 Å². The van der Waals surface area contributed by atoms with Gasteiger partial charge in [0.15, 0.2) is 0 Å². The highest BCUT2D eigenvalue weighted by Gasteiger charge is 2.50. The SMILES string of the molecule is C=CCOP(=O)(OCCCC(=O)OC(C)(C)C)OCC(NC(=O)OCC1c2ccccc2-c2ccccc21)C(=O)NCCCO[Si](c1ccccc1)(c1ccccc1)C(C)(C)C. The number of alkyl carbamates (subject to hydrolysis) is 1. The number of carbonyl (C=O) groups excluding carboxylic acids is 3. The van der Waals surface area contributed by atoms with Gasteiger partial charge in [0.05, 0.1) is 19.8 Å². The maximum Gasteiger partial charge on any atom is 0.475 e. The van der Waals surface area contributed by atoms with E-state index in [1.54, 1.807) is 20.8 Å². The molecule has 0 spiro atoms. The van der Waals surface area contributed by atoms with Crippen LogP contribution in [0.4, 0.5) is 4.79 Å². The van der Waals surface area contributed by atoms with Gasteiger partial charge in [-0.15, -0.1) is 6.58 Å². The van der Waals surface area contributed by atoms with Crippen molar-refractivity contribution in [3.63, 3.8) is 0 Å². The van der Waals surface area contributed by atoms with Crippen LogP contribution in [0.3, 0.4) is 0 Å². The number of ether oxygens (including phenoxy) is 2. The smallest absolute Gasteiger partial charge is 0.460 e. The van der Waals surface area contributed by atoms with Crippen LogP contribution in [0.5, 0.6) is 0 Å². The molecule has 12 nitrogen and oxygen atoms in total. The Labute approximate surface area is 367 Å². The monoisotopic (exact) mass is 884 g/mol. The first-order valence-corrected chi connectivity index (χ1v) is 24.4. The lowest BCUT2D eigenvalue weighted by Gasteiger charge is -2.43. The molecule has 14 heteroatoms. The Bertz CT molecular complexity index is 2070. The standard InChI is InChI=1S/C48H61N2O10PSi/c1-8-31-56-61(54,57-32-19-29-44(51)60-47(2,3)4)58-35-43(50-46(53)55-34-42-40-27-17-15-25-38(40)39-26-16-18-28-41(39)42)45(52)49-30-20-33-59-62(48(5,6)7,36-21-11-9-12-22-36)37-23-13-10-14-24-37/h8-18,21-28,42-43H,1,19-20,29-35H2,2-7H3,(H,49,52)(H,50,53). The second kappa shape index (κ2) is 22.0. The molecule has 0 radical (unpaired) electrons. The normalized spacial score (nSPS) is 14.2. The zero-order chi connectivity index (χ0) is 44.8. The molecule has 62 heavy (non-hydrogen) atoms. The third-order valence-electron chi connectivity index (χ3n) is 10.3. The van der Waals surface area contributed by atoms with Crippen LogP contribution in [-0.2, 0) is 41.6 Å². The summed E-state index contributed by atoms with van der Waals surface area (Å²) in [6, 6.07) is 35.1. The summed E-state index contributed by atoms with van der Waals surface area (Å²) in [6.45, 7) is 15.1. The van der Waals surface area contributed by atoms with Crippen molar-refractivity contribution in [3.05, 3.63) is 133 Å². The molecule has 4 aromatic carbocycles. The number of rotatable bonds is 22. The van der Waals surface area contributed by atoms with Gasteiger partial charge in [-0.3, -0.25) is 23.2 Å². The average molecular weight is 885 g/mol. The van der Waals surface area contributed by atoms with Gasteiger partial charge < -0.3 is 24.5 Å². The summed E-state index contributed by atoms with van der Waals surface area (Å²) < 4.78 is 48.5. The molecule has 0 heterocycles. The second-order valence-corrected chi connectivity index (χ2v) is 23.0. The quantitative estimate of drug-likeness (QED) is 0.0259. The van der Waals surface area contributed by atoms with Crippen LogP contribution in [0.1, 0.15) is 77.8 Å². The Morgan fingerprint density at radius 2 is 1.32 bits per heavy atom. The largest absolute Gasteiger partial charge is 0.475 e. The molecular formula is C48H61N2O10PSi. The van der Waals surface area contributed by atoms with Crippen LogP contribution in [0, 0.1) is 0 Å². The molecule has 0 aromatic heterocycles. The van der Waals surface area contributed by atoms with Gasteiger partial charge in [-0.25, -0.2) is 9.36 Å². The minimum Gasteiger partial charge on any atom is -0.460 e. The maximum atomic E-state index is 13.9. The fourth-order valence-corrected chi connectivity index (χ4v) is 13.4. The molecule has 0 bridgehead atoms. The van der Waals surface area contributed by atoms with E-state index in [1.165, 1.54) is 6.08 Å². The Balaban J connectivity index is 1.26. The first kappa shape index (κ1) is 48.2. The van der Waals surface area contributed by atoms with E-state index in [9.17, 15) is 18.9 Å². The summed E-state index contributed by atoms with van der Waals surface area (Å²) in [5.74, 6) is -1.26. The number of carbonyl (C=O) groups is 3. The summed E-state index contributed by atoms with van der Waals surface area (Å²) in [5.41, 5.74) is 3.55. The number of esters is 1. The fourth-order valence-electron chi connectivity index (χ4n) is 7.57. The lowest BCUT2D eigenvalue weighted by Crippen LogP contribution is -2.66. The number of phosphoric ester groups is 1. The van der Waals surface area contributed by atoms with E-state index in [4.69, 9.17) is 27.5 Å². The van der Waals surface area contributed by atoms with Crippen LogP contribution < -0.4 is 21.0 Å². The van der Waals surface area contributed by atoms with Crippen molar-refractivity contribution in [1.29, 1.82) is 0 Å². The first-order chi connectivity index (χ1) is 29.6. The minimum atomic E-state index is -4.32. The molecule has 2 N–H and O–H groups in total. The lowest BCUT2D eigenvalue weighted by molar-refractivity contribution is -0.155. The van der Waals surface area contributed by atoms with E-state index in [2.05, 4.69) is 62.2 Å². The number of hydrogen-bond donors (Lipinski definition) is 2. The maximum absolute atomic E-state index is 13.9. The molecule has 0 fully saturated rings. The summed E-state index contributed by atoms with van der Waals surface area (Å²) in [6.07, 6.45) is 1.13. The Morgan fingerprint density at radius 1 is 0.758 bits per heavy atom. The Morgan fingerprint density at radius 3 is 1.87 bits per heavy atom. The van der Waals surface area contributed by atoms with Crippen molar-refractivity contribution in [2.24, 2.45) is 0 Å². The first-order valence-electron chi connectivity index (χ1n) is 21.1. The molecule has 2 amide bonds. The zero-order valence-corrected chi connectivity index (χ0v) is 38.6. The van der Waals surface area contributed by atoms with Crippen molar-refractivity contribution in [3.8, 4) is 11.1 Å². The van der Waals surface area contributed by atoms with Crippen LogP contribution in [-0.4, -0.2) is 77.5 Å². The summed E-state index contributed by atoms with van der Waals surface area (Å²) in [4.78, 5) is 39.6. The third kappa shape index (κ3) is 12.8. The van der Waals surface area contributed by atoms with Crippen LogP contribution in [0.15, 0.2) is 122 Å². The van der Waals surface area contributed by atoms with Gasteiger partial charge in [0.1, 0.15) is 18.2 Å². The van der Waals surface area contributed by atoms with Crippen molar-refractivity contribution in [2.75, 3.05) is 39.6 Å². The predicted molar refractivity (Wildman–Crippen MR) is 244 cm³/mol. The molecule has 0 aliphatic heterocycles. The summed E-state index contributed by atoms with van der Waals surface area (Å²) in [5, 5.41) is 7.55. The van der Waals surface area contributed by atoms with Gasteiger partial charge in [-0.05, 0) is 71.3 Å². The van der Waals surface area contributed by atoms with Crippen molar-refractivity contribution in [2.45, 2.75) is 83.4 Å². The van der Waals surface area contributed by atoms with Gasteiger partial charge in [-0.1, -0.05) is 136 Å². The molecule has 1 aliphatic rings. The second-order valence-electron chi connectivity index (χ2n) is 17.0. The van der Waals surface area contributed by atoms with Gasteiger partial charge >= 0.3 is 19.9 Å². The molecule has 4 aromatic rings. The highest BCUT2D eigenvalue weighted by Crippen LogP contribution is 2.50. The number of nitrogens with one attached hydrogen (secondary N) is 2. The molecule has 0 saturated carbocycles. The lowest BCUT2D eigenvalue weighted by atomic mass is 9.98. The predicted octanol–water partition coefficient (Wildman–Crippen LogP) is 8.44. The number of amides is 2. The van der Waals surface area contributed by atoms with E-state index in [-0.39, 0.29) is 50.2 Å². The molecule has 0 saturated heterocycles. The van der Waals surface area contributed by atoms with Crippen molar-refractivity contribution >= 4 is 44.5 Å². The topological polar surface area (TPSA) is 148 Å². The average Bonchev–Trinajstić information content (AvgIpc) is 3.56. The zero-order valence-electron chi connectivity index (χ0n) is 36.7. The summed E-state index contributed by atoms with van der Waals surface area (Å²) in [7, 11) is -7.13. The van der Waals surface area contributed by atoms with Gasteiger partial charge in [-0.2, -0.15) is 0 Å². The highest BCUT2D eigenvalue weighted by atomic mass is 31.2. The van der Waals surface area contributed by atoms with Crippen molar-refractivity contribution in [1.82, 2.24) is 10.6 Å². The molecule has 2 atom stereocenters. The van der Waals surface area contributed by atoms with E-state index >= 15 is 0 Å². The van der Waals surface area contributed by atoms with Gasteiger partial charge in [0.2, 0.25) is 5.91 Å². The Kier molecular flexibility index (Phi) is 17.1. The number of fused-ring (bicyclic) bond motifs is 3. The van der Waals surface area contributed by atoms with E-state index in [0.717, 1.165) is 32.6 Å². The van der Waals surface area contributed by atoms with Crippen LogP contribution >= 0.6 is 7.82 Å². The Hall–Kier alpha value is -4.88. The number of benzene rings is 4.